The van der Waals surface area contributed by atoms with Gasteiger partial charge in [0.05, 0.1) is 6.04 Å². The van der Waals surface area contributed by atoms with E-state index in [2.05, 4.69) is 20.5 Å². The van der Waals surface area contributed by atoms with Crippen molar-refractivity contribution < 1.29 is 8.78 Å². The number of hydrogen-bond donors (Lipinski definition) is 2. The molecule has 1 aliphatic rings. The van der Waals surface area contributed by atoms with Crippen LogP contribution in [0.1, 0.15) is 30.9 Å². The maximum atomic E-state index is 14.1. The number of nitrogens with zero attached hydrogens (tertiary/aromatic N) is 3. The molecule has 1 unspecified atom stereocenters. The van der Waals surface area contributed by atoms with Crippen LogP contribution in [0.5, 0.6) is 0 Å². The van der Waals surface area contributed by atoms with Crippen molar-refractivity contribution in [3.8, 4) is 0 Å². The zero-order chi connectivity index (χ0) is 18.9. The Kier molecular flexibility index (Phi) is 11.1. The van der Waals surface area contributed by atoms with Gasteiger partial charge < -0.3 is 20.4 Å². The number of guanidine groups is 1. The minimum absolute atomic E-state index is 0. The number of nitrogens with one attached hydrogen (secondary N) is 2. The molecule has 0 aliphatic carbocycles. The van der Waals surface area contributed by atoms with Crippen molar-refractivity contribution in [2.75, 3.05) is 53.9 Å². The maximum Gasteiger partial charge on any atom is 0.191 e. The van der Waals surface area contributed by atoms with E-state index in [1.165, 1.54) is 37.5 Å². The third-order valence-electron chi connectivity index (χ3n) is 4.81. The first-order valence-corrected chi connectivity index (χ1v) is 9.30. The molecule has 2 rings (SSSR count). The zero-order valence-corrected chi connectivity index (χ0v) is 18.8. The third-order valence-corrected chi connectivity index (χ3v) is 4.81. The van der Waals surface area contributed by atoms with Crippen molar-refractivity contribution in [1.29, 1.82) is 0 Å². The molecule has 5 nitrogen and oxygen atoms in total. The van der Waals surface area contributed by atoms with Crippen molar-refractivity contribution in [2.45, 2.75) is 25.3 Å². The molecule has 1 heterocycles. The molecule has 0 radical (unpaired) electrons. The highest BCUT2D eigenvalue weighted by Gasteiger charge is 2.22. The summed E-state index contributed by atoms with van der Waals surface area (Å²) in [5.41, 5.74) is 0.0776. The lowest BCUT2D eigenvalue weighted by atomic mass is 10.0. The molecule has 2 N–H and O–H groups in total. The summed E-state index contributed by atoms with van der Waals surface area (Å²) in [4.78, 5) is 8.46. The number of hydrogen-bond acceptors (Lipinski definition) is 3. The van der Waals surface area contributed by atoms with E-state index in [1.807, 2.05) is 14.1 Å². The van der Waals surface area contributed by atoms with Gasteiger partial charge in [-0.15, -0.1) is 24.0 Å². The van der Waals surface area contributed by atoms with Crippen molar-refractivity contribution in [2.24, 2.45) is 4.99 Å². The van der Waals surface area contributed by atoms with Gasteiger partial charge in [-0.1, -0.05) is 12.5 Å². The highest BCUT2D eigenvalue weighted by molar-refractivity contribution is 14.0. The van der Waals surface area contributed by atoms with E-state index in [0.29, 0.717) is 12.5 Å². The molecule has 0 bridgehead atoms. The number of likely N-dealkylation sites (N-methyl/N-ethyl adjacent to an activating group) is 1. The van der Waals surface area contributed by atoms with Gasteiger partial charge in [-0.3, -0.25) is 4.99 Å². The Bertz CT molecular complexity index is 571. The summed E-state index contributed by atoms with van der Waals surface area (Å²) in [6, 6.07) is 3.54. The number of rotatable bonds is 7. The maximum absolute atomic E-state index is 14.1. The SMILES string of the molecule is CN=C(NCCN1CCCCC1)NCC(c1c(F)cccc1F)N(C)C.I. The smallest absolute Gasteiger partial charge is 0.191 e. The Labute approximate surface area is 178 Å². The van der Waals surface area contributed by atoms with Crippen LogP contribution in [0, 0.1) is 11.6 Å². The van der Waals surface area contributed by atoms with E-state index >= 15 is 0 Å². The molecule has 1 atom stereocenters. The molecule has 0 saturated carbocycles. The fourth-order valence-corrected chi connectivity index (χ4v) is 3.30. The second-order valence-electron chi connectivity index (χ2n) is 6.90. The topological polar surface area (TPSA) is 42.9 Å². The van der Waals surface area contributed by atoms with Gasteiger partial charge in [0, 0.05) is 32.2 Å². The highest BCUT2D eigenvalue weighted by atomic mass is 127. The average Bonchev–Trinajstić information content (AvgIpc) is 2.63. The van der Waals surface area contributed by atoms with Gasteiger partial charge in [0.2, 0.25) is 0 Å². The predicted octanol–water partition coefficient (Wildman–Crippen LogP) is 2.84. The third kappa shape index (κ3) is 7.50. The number of aliphatic imine (C=N–C) groups is 1. The van der Waals surface area contributed by atoms with Gasteiger partial charge in [-0.25, -0.2) is 8.78 Å². The summed E-state index contributed by atoms with van der Waals surface area (Å²) < 4.78 is 28.3. The molecule has 1 aromatic rings. The number of benzene rings is 1. The van der Waals surface area contributed by atoms with Crippen molar-refractivity contribution in [1.82, 2.24) is 20.4 Å². The monoisotopic (exact) mass is 495 g/mol. The summed E-state index contributed by atoms with van der Waals surface area (Å²) >= 11 is 0. The van der Waals surface area contributed by atoms with Crippen LogP contribution >= 0.6 is 24.0 Å². The van der Waals surface area contributed by atoms with Gasteiger partial charge in [-0.05, 0) is 52.2 Å². The molecular formula is C19H32F2IN5. The summed E-state index contributed by atoms with van der Waals surface area (Å²) in [5, 5.41) is 6.47. The van der Waals surface area contributed by atoms with E-state index < -0.39 is 17.7 Å². The Morgan fingerprint density at radius 3 is 2.33 bits per heavy atom. The van der Waals surface area contributed by atoms with Crippen LogP contribution in [0.3, 0.4) is 0 Å². The number of piperidine rings is 1. The summed E-state index contributed by atoms with van der Waals surface area (Å²) in [6.45, 7) is 4.43. The van der Waals surface area contributed by atoms with Crippen LogP contribution in [0.15, 0.2) is 23.2 Å². The molecule has 1 aliphatic heterocycles. The van der Waals surface area contributed by atoms with Crippen LogP contribution in [-0.2, 0) is 0 Å². The van der Waals surface area contributed by atoms with Gasteiger partial charge in [-0.2, -0.15) is 0 Å². The Hall–Kier alpha value is -1.000. The molecule has 0 aromatic heterocycles. The normalized spacial score (nSPS) is 16.7. The lowest BCUT2D eigenvalue weighted by molar-refractivity contribution is 0.232. The Balaban J connectivity index is 0.00000364. The van der Waals surface area contributed by atoms with Crippen LogP contribution in [0.25, 0.3) is 0 Å². The van der Waals surface area contributed by atoms with Gasteiger partial charge in [0.15, 0.2) is 5.96 Å². The summed E-state index contributed by atoms with van der Waals surface area (Å²) in [7, 11) is 5.32. The molecule has 154 valence electrons. The van der Waals surface area contributed by atoms with Gasteiger partial charge >= 0.3 is 0 Å². The summed E-state index contributed by atoms with van der Waals surface area (Å²) in [6.07, 6.45) is 3.86. The first-order valence-electron chi connectivity index (χ1n) is 9.30. The molecule has 1 fully saturated rings. The standard InChI is InChI=1S/C19H31F2N5.HI/c1-22-19(23-10-13-26-11-5-4-6-12-26)24-14-17(25(2)3)18-15(20)8-7-9-16(18)21;/h7-9,17H,4-6,10-14H2,1-3H3,(H2,22,23,24);1H. The fourth-order valence-electron chi connectivity index (χ4n) is 3.30. The van der Waals surface area contributed by atoms with Gasteiger partial charge in [0.25, 0.3) is 0 Å². The van der Waals surface area contributed by atoms with Crippen LogP contribution < -0.4 is 10.6 Å². The molecule has 1 saturated heterocycles. The molecular weight excluding hydrogens is 463 g/mol. The van der Waals surface area contributed by atoms with E-state index in [9.17, 15) is 8.78 Å². The lowest BCUT2D eigenvalue weighted by Crippen LogP contribution is -2.45. The largest absolute Gasteiger partial charge is 0.355 e. The van der Waals surface area contributed by atoms with Crippen molar-refractivity contribution in [3.05, 3.63) is 35.4 Å². The predicted molar refractivity (Wildman–Crippen MR) is 118 cm³/mol. The molecule has 0 spiro atoms. The minimum Gasteiger partial charge on any atom is -0.355 e. The van der Waals surface area contributed by atoms with Crippen LogP contribution in [0.2, 0.25) is 0 Å². The zero-order valence-electron chi connectivity index (χ0n) is 16.5. The molecule has 27 heavy (non-hydrogen) atoms. The first-order chi connectivity index (χ1) is 12.5. The van der Waals surface area contributed by atoms with E-state index in [1.54, 1.807) is 11.9 Å². The second kappa shape index (κ2) is 12.5. The lowest BCUT2D eigenvalue weighted by Gasteiger charge is -2.28. The second-order valence-corrected chi connectivity index (χ2v) is 6.90. The fraction of sp³-hybridized carbons (Fsp3) is 0.632. The Morgan fingerprint density at radius 2 is 1.78 bits per heavy atom. The van der Waals surface area contributed by atoms with Crippen LogP contribution in [0.4, 0.5) is 8.78 Å². The Morgan fingerprint density at radius 1 is 1.15 bits per heavy atom. The van der Waals surface area contributed by atoms with Crippen LogP contribution in [-0.4, -0.2) is 69.6 Å². The highest BCUT2D eigenvalue weighted by Crippen LogP contribution is 2.23. The minimum atomic E-state index is -0.529. The molecule has 1 aromatic carbocycles. The van der Waals surface area contributed by atoms with E-state index in [-0.39, 0.29) is 29.5 Å². The number of likely N-dealkylation sites (tertiary alicyclic amines) is 1. The average molecular weight is 495 g/mol. The summed E-state index contributed by atoms with van der Waals surface area (Å²) in [5.74, 6) is -0.414. The van der Waals surface area contributed by atoms with E-state index in [0.717, 1.165) is 26.2 Å². The molecule has 8 heteroatoms. The number of halogens is 3. The molecule has 0 amide bonds. The first kappa shape index (κ1) is 24.0. The van der Waals surface area contributed by atoms with Gasteiger partial charge in [0.1, 0.15) is 11.6 Å². The van der Waals surface area contributed by atoms with Crippen molar-refractivity contribution >= 4 is 29.9 Å². The van der Waals surface area contributed by atoms with E-state index in [4.69, 9.17) is 0 Å². The van der Waals surface area contributed by atoms with Crippen molar-refractivity contribution in [3.63, 3.8) is 0 Å². The quantitative estimate of drug-likeness (QED) is 0.347.